The summed E-state index contributed by atoms with van der Waals surface area (Å²) in [5, 5.41) is 12.2. The Balaban J connectivity index is 1.40. The largest absolute Gasteiger partial charge is 0.457 e. The van der Waals surface area contributed by atoms with Crippen LogP contribution in [0.2, 0.25) is 0 Å². The number of nitrogens with zero attached hydrogens (tertiary/aromatic N) is 6. The molecule has 5 rings (SSSR count). The Morgan fingerprint density at radius 1 is 1.16 bits per heavy atom. The highest BCUT2D eigenvalue weighted by Gasteiger charge is 2.37. The number of hydrogen-bond acceptors (Lipinski definition) is 9. The van der Waals surface area contributed by atoms with E-state index in [4.69, 9.17) is 19.4 Å². The van der Waals surface area contributed by atoms with Crippen molar-refractivity contribution in [3.05, 3.63) is 78.1 Å². The number of nitrogens with one attached hydrogen (secondary N) is 2. The number of ether oxygens (including phenoxy) is 2. The summed E-state index contributed by atoms with van der Waals surface area (Å²) >= 11 is 0. The van der Waals surface area contributed by atoms with Gasteiger partial charge in [0.2, 0.25) is 5.95 Å². The molecule has 1 aromatic carbocycles. The third kappa shape index (κ3) is 7.25. The molecule has 1 aliphatic heterocycles. The van der Waals surface area contributed by atoms with Crippen molar-refractivity contribution in [2.45, 2.75) is 25.5 Å². The van der Waals surface area contributed by atoms with Crippen LogP contribution in [0.3, 0.4) is 0 Å². The lowest BCUT2D eigenvalue weighted by molar-refractivity contribution is -0.154. The molecule has 2 amide bonds. The van der Waals surface area contributed by atoms with Crippen LogP contribution >= 0.6 is 0 Å². The van der Waals surface area contributed by atoms with E-state index in [1.165, 1.54) is 24.7 Å². The topological polar surface area (TPSA) is 129 Å². The Kier molecular flexibility index (Phi) is 9.44. The first kappa shape index (κ1) is 29.9. The molecule has 2 N–H and O–H groups in total. The normalized spacial score (nSPS) is 16.9. The molecule has 3 aromatic heterocycles. The molecule has 0 unspecified atom stereocenters. The molecule has 4 heterocycles. The van der Waals surface area contributed by atoms with Gasteiger partial charge in [0.1, 0.15) is 17.6 Å². The molecule has 0 spiro atoms. The number of hydroxylamine groups is 2. The molecule has 0 bridgehead atoms. The minimum atomic E-state index is -2.66. The highest BCUT2D eigenvalue weighted by molar-refractivity contribution is 5.91. The molecule has 43 heavy (non-hydrogen) atoms. The zero-order valence-corrected chi connectivity index (χ0v) is 23.3. The molecule has 0 saturated carbocycles. The summed E-state index contributed by atoms with van der Waals surface area (Å²) in [6, 6.07) is 10.8. The maximum atomic E-state index is 13.9. The second-order valence-corrected chi connectivity index (χ2v) is 9.55. The van der Waals surface area contributed by atoms with Crippen molar-refractivity contribution in [1.29, 1.82) is 0 Å². The molecule has 1 fully saturated rings. The number of urea groups is 1. The highest BCUT2D eigenvalue weighted by Crippen LogP contribution is 2.32. The molecular weight excluding hydrogens is 569 g/mol. The van der Waals surface area contributed by atoms with Crippen molar-refractivity contribution in [3.63, 3.8) is 0 Å². The Hall–Kier alpha value is -4.60. The molecule has 0 aliphatic carbocycles. The third-order valence-corrected chi connectivity index (χ3v) is 6.56. The number of carbonyl (C=O) groups excluding carboxylic acids is 1. The van der Waals surface area contributed by atoms with Crippen LogP contribution in [0, 0.1) is 12.9 Å². The fourth-order valence-corrected chi connectivity index (χ4v) is 4.57. The van der Waals surface area contributed by atoms with E-state index in [-0.39, 0.29) is 6.01 Å². The van der Waals surface area contributed by atoms with E-state index < -0.39 is 37.2 Å². The molecule has 12 nitrogen and oxygen atoms in total. The van der Waals surface area contributed by atoms with Gasteiger partial charge in [0.05, 0.1) is 18.3 Å². The predicted octanol–water partition coefficient (Wildman–Crippen LogP) is 3.94. The standard InChI is InChI=1S/C28H29F3N8O4/c1-17-24(19-13-33-28(34-14-19)42-16-22(29)30)37-39(20-6-4-3-5-7-20)26(17)36-27(40)35-21-15-38(10-11-41-2)43-25(21)18-8-9-32-23(31)12-18/h3-9,12-14,21-22,25H,10-11,15-16H2,1-2H3,(H2,35,36,40)/t21-,25+/m1/s1. The van der Waals surface area contributed by atoms with E-state index in [0.29, 0.717) is 53.6 Å². The Morgan fingerprint density at radius 3 is 2.63 bits per heavy atom. The Labute approximate surface area is 244 Å². The zero-order valence-electron chi connectivity index (χ0n) is 23.3. The molecule has 2 atom stereocenters. The molecule has 0 radical (unpaired) electrons. The zero-order chi connectivity index (χ0) is 30.3. The molecule has 15 heteroatoms. The second-order valence-electron chi connectivity index (χ2n) is 9.55. The summed E-state index contributed by atoms with van der Waals surface area (Å²) in [7, 11) is 1.57. The molecule has 1 saturated heterocycles. The average Bonchev–Trinajstić information content (AvgIpc) is 3.56. The SMILES string of the molecule is COCCN1C[C@@H](NC(=O)Nc2c(C)c(-c3cnc(OCC(F)F)nc3)nn2-c2ccccc2)[C@H](c2ccnc(F)c2)O1. The average molecular weight is 599 g/mol. The predicted molar refractivity (Wildman–Crippen MR) is 148 cm³/mol. The highest BCUT2D eigenvalue weighted by atomic mass is 19.3. The number of aromatic nitrogens is 5. The number of carbonyl (C=O) groups is 1. The van der Waals surface area contributed by atoms with E-state index in [9.17, 15) is 18.0 Å². The number of alkyl halides is 2. The molecule has 4 aromatic rings. The van der Waals surface area contributed by atoms with Crippen LogP contribution in [-0.2, 0) is 9.57 Å². The summed E-state index contributed by atoms with van der Waals surface area (Å²) in [5.74, 6) is -0.287. The van der Waals surface area contributed by atoms with Gasteiger partial charge in [-0.15, -0.1) is 0 Å². The number of benzene rings is 1. The summed E-state index contributed by atoms with van der Waals surface area (Å²) in [5.41, 5.74) is 2.73. The van der Waals surface area contributed by atoms with Crippen molar-refractivity contribution in [3.8, 4) is 23.0 Å². The first-order chi connectivity index (χ1) is 20.8. The summed E-state index contributed by atoms with van der Waals surface area (Å²) < 4.78 is 50.5. The first-order valence-electron chi connectivity index (χ1n) is 13.3. The maximum Gasteiger partial charge on any atom is 0.320 e. The van der Waals surface area contributed by atoms with E-state index in [1.807, 2.05) is 30.3 Å². The molecular formula is C28H29F3N8O4. The van der Waals surface area contributed by atoms with Crippen molar-refractivity contribution in [2.75, 3.05) is 38.7 Å². The van der Waals surface area contributed by atoms with Crippen molar-refractivity contribution >= 4 is 11.8 Å². The van der Waals surface area contributed by atoms with Gasteiger partial charge in [-0.05, 0) is 36.8 Å². The fraction of sp³-hybridized carbons (Fsp3) is 0.321. The maximum absolute atomic E-state index is 13.9. The van der Waals surface area contributed by atoms with Gasteiger partial charge in [-0.3, -0.25) is 10.2 Å². The molecule has 226 valence electrons. The number of anilines is 1. The van der Waals surface area contributed by atoms with Crippen molar-refractivity contribution < 1.29 is 32.3 Å². The Bertz CT molecular complexity index is 1520. The van der Waals surface area contributed by atoms with Crippen molar-refractivity contribution in [1.82, 2.24) is 35.1 Å². The van der Waals surface area contributed by atoms with Crippen LogP contribution in [0.4, 0.5) is 23.8 Å². The number of para-hydroxylation sites is 1. The van der Waals surface area contributed by atoms with Crippen molar-refractivity contribution in [2.24, 2.45) is 0 Å². The number of rotatable bonds is 11. The van der Waals surface area contributed by atoms with E-state index in [2.05, 4.69) is 25.6 Å². The van der Waals surface area contributed by atoms with Crippen LogP contribution in [0.1, 0.15) is 17.2 Å². The summed E-state index contributed by atoms with van der Waals surface area (Å²) in [4.78, 5) is 31.1. The number of halogens is 3. The molecule has 1 aliphatic rings. The number of pyridine rings is 1. The Morgan fingerprint density at radius 2 is 1.93 bits per heavy atom. The number of hydrogen-bond donors (Lipinski definition) is 2. The van der Waals surface area contributed by atoms with Crippen LogP contribution in [0.15, 0.2) is 61.1 Å². The van der Waals surface area contributed by atoms with Crippen LogP contribution < -0.4 is 15.4 Å². The van der Waals surface area contributed by atoms with E-state index >= 15 is 0 Å². The van der Waals surface area contributed by atoms with Gasteiger partial charge < -0.3 is 14.8 Å². The first-order valence-corrected chi connectivity index (χ1v) is 13.3. The summed E-state index contributed by atoms with van der Waals surface area (Å²) in [6.45, 7) is 2.11. The third-order valence-electron chi connectivity index (χ3n) is 6.56. The van der Waals surface area contributed by atoms with Gasteiger partial charge in [-0.2, -0.15) is 14.6 Å². The van der Waals surface area contributed by atoms with E-state index in [1.54, 1.807) is 29.8 Å². The summed E-state index contributed by atoms with van der Waals surface area (Å²) in [6.07, 6.45) is 0.834. The monoisotopic (exact) mass is 598 g/mol. The second kappa shape index (κ2) is 13.6. The fourth-order valence-electron chi connectivity index (χ4n) is 4.57. The van der Waals surface area contributed by atoms with Gasteiger partial charge in [0.25, 0.3) is 6.43 Å². The lowest BCUT2D eigenvalue weighted by Crippen LogP contribution is -2.42. The minimum absolute atomic E-state index is 0.191. The lowest BCUT2D eigenvalue weighted by atomic mass is 10.0. The van der Waals surface area contributed by atoms with Crippen LogP contribution in [0.25, 0.3) is 16.9 Å². The van der Waals surface area contributed by atoms with Gasteiger partial charge in [0.15, 0.2) is 6.61 Å². The number of methoxy groups -OCH3 is 1. The van der Waals surface area contributed by atoms with Gasteiger partial charge in [-0.25, -0.2) is 33.2 Å². The van der Waals surface area contributed by atoms with Gasteiger partial charge >= 0.3 is 12.0 Å². The van der Waals surface area contributed by atoms with Gasteiger partial charge in [0, 0.05) is 49.9 Å². The van der Waals surface area contributed by atoms with Crippen LogP contribution in [0.5, 0.6) is 6.01 Å². The van der Waals surface area contributed by atoms with Crippen LogP contribution in [-0.4, -0.2) is 81.7 Å². The van der Waals surface area contributed by atoms with E-state index in [0.717, 1.165) is 0 Å². The lowest BCUT2D eigenvalue weighted by Gasteiger charge is -2.19. The minimum Gasteiger partial charge on any atom is -0.457 e. The smallest absolute Gasteiger partial charge is 0.320 e. The van der Waals surface area contributed by atoms with Gasteiger partial charge in [-0.1, -0.05) is 18.2 Å². The number of amides is 2. The quantitative estimate of drug-likeness (QED) is 0.247.